The van der Waals surface area contributed by atoms with Crippen LogP contribution in [0, 0.1) is 6.92 Å². The average Bonchev–Trinajstić information content (AvgIpc) is 3.36. The van der Waals surface area contributed by atoms with E-state index in [0.717, 1.165) is 20.9 Å². The zero-order valence-electron chi connectivity index (χ0n) is 16.4. The molecule has 2 N–H and O–H groups in total. The van der Waals surface area contributed by atoms with Gasteiger partial charge < -0.3 is 15.4 Å². The monoisotopic (exact) mass is 443 g/mol. The Hall–Kier alpha value is -3.08. The van der Waals surface area contributed by atoms with Crippen LogP contribution in [0.2, 0.25) is 5.02 Å². The van der Waals surface area contributed by atoms with Crippen LogP contribution in [0.15, 0.2) is 36.9 Å². The topological polar surface area (TPSA) is 107 Å². The molecule has 4 aromatic heterocycles. The number of rotatable bonds is 5. The van der Waals surface area contributed by atoms with Gasteiger partial charge >= 0.3 is 6.03 Å². The van der Waals surface area contributed by atoms with E-state index in [0.29, 0.717) is 22.2 Å². The van der Waals surface area contributed by atoms with Crippen molar-refractivity contribution in [2.24, 2.45) is 0 Å². The van der Waals surface area contributed by atoms with Crippen molar-refractivity contribution >= 4 is 50.7 Å². The maximum Gasteiger partial charge on any atom is 0.323 e. The Morgan fingerprint density at radius 2 is 2.13 bits per heavy atom. The normalized spacial score (nSPS) is 12.1. The highest BCUT2D eigenvalue weighted by Crippen LogP contribution is 2.33. The molecule has 2 amide bonds. The van der Waals surface area contributed by atoms with Gasteiger partial charge in [-0.15, -0.1) is 0 Å². The zero-order valence-corrected chi connectivity index (χ0v) is 18.0. The molecule has 0 aromatic carbocycles. The molecule has 1 atom stereocenters. The summed E-state index contributed by atoms with van der Waals surface area (Å²) < 4.78 is 7.03. The van der Waals surface area contributed by atoms with Crippen molar-refractivity contribution < 1.29 is 9.53 Å². The Balaban J connectivity index is 1.57. The molecule has 9 nitrogen and oxygen atoms in total. The lowest BCUT2D eigenvalue weighted by Gasteiger charge is -2.16. The number of ether oxygens (including phenoxy) is 1. The molecule has 11 heteroatoms. The maximum atomic E-state index is 12.6. The third-order valence-corrected chi connectivity index (χ3v) is 5.54. The van der Waals surface area contributed by atoms with Gasteiger partial charge in [-0.25, -0.2) is 24.4 Å². The first-order chi connectivity index (χ1) is 14.5. The first-order valence-corrected chi connectivity index (χ1v) is 10.2. The molecule has 154 valence electrons. The summed E-state index contributed by atoms with van der Waals surface area (Å²) in [6, 6.07) is 2.91. The minimum atomic E-state index is -0.461. The van der Waals surface area contributed by atoms with Gasteiger partial charge in [0.05, 0.1) is 39.9 Å². The van der Waals surface area contributed by atoms with E-state index in [4.69, 9.17) is 16.3 Å². The standard InChI is InChI=1S/C19H18ClN7O2S/c1-10(29-3)15-14(9-22-18-16(15)24-11(2)30-18)26-19(28)25-12-7-13(20)17(21-8-12)27-6-4-5-23-27/h4-10H,1-3H3,(H2,25,26,28). The number of anilines is 2. The van der Waals surface area contributed by atoms with Gasteiger partial charge in [-0.05, 0) is 26.0 Å². The highest BCUT2D eigenvalue weighted by molar-refractivity contribution is 7.18. The van der Waals surface area contributed by atoms with E-state index >= 15 is 0 Å². The van der Waals surface area contributed by atoms with E-state index in [2.05, 4.69) is 30.7 Å². The molecule has 0 aliphatic rings. The number of amides is 2. The van der Waals surface area contributed by atoms with Crippen molar-refractivity contribution in [3.05, 3.63) is 52.5 Å². The smallest absolute Gasteiger partial charge is 0.323 e. The second-order valence-corrected chi connectivity index (χ2v) is 8.00. The minimum Gasteiger partial charge on any atom is -0.377 e. The Bertz CT molecular complexity index is 1210. The number of thiazole rings is 1. The van der Waals surface area contributed by atoms with Crippen molar-refractivity contribution in [2.45, 2.75) is 20.0 Å². The number of carbonyl (C=O) groups is 1. The lowest BCUT2D eigenvalue weighted by atomic mass is 10.1. The summed E-state index contributed by atoms with van der Waals surface area (Å²) in [6.07, 6.45) is 6.20. The summed E-state index contributed by atoms with van der Waals surface area (Å²) in [6.45, 7) is 3.81. The molecule has 0 aliphatic heterocycles. The Labute approximate surface area is 181 Å². The molecule has 30 heavy (non-hydrogen) atoms. The molecule has 4 aromatic rings. The van der Waals surface area contributed by atoms with Gasteiger partial charge in [0.15, 0.2) is 5.82 Å². The van der Waals surface area contributed by atoms with Crippen LogP contribution in [0.3, 0.4) is 0 Å². The lowest BCUT2D eigenvalue weighted by Crippen LogP contribution is -2.21. The van der Waals surface area contributed by atoms with Crippen molar-refractivity contribution in [1.82, 2.24) is 24.7 Å². The molecular weight excluding hydrogens is 426 g/mol. The predicted molar refractivity (Wildman–Crippen MR) is 117 cm³/mol. The van der Waals surface area contributed by atoms with E-state index in [1.807, 2.05) is 13.8 Å². The number of methoxy groups -OCH3 is 1. The minimum absolute atomic E-state index is 0.281. The van der Waals surface area contributed by atoms with E-state index in [9.17, 15) is 4.79 Å². The number of nitrogens with one attached hydrogen (secondary N) is 2. The van der Waals surface area contributed by atoms with Gasteiger partial charge in [0.25, 0.3) is 0 Å². The number of fused-ring (bicyclic) bond motifs is 1. The van der Waals surface area contributed by atoms with E-state index < -0.39 is 6.03 Å². The fourth-order valence-electron chi connectivity index (χ4n) is 2.97. The number of nitrogens with zero attached hydrogens (tertiary/aromatic N) is 5. The van der Waals surface area contributed by atoms with Crippen LogP contribution in [0.5, 0.6) is 0 Å². The van der Waals surface area contributed by atoms with Crippen LogP contribution >= 0.6 is 22.9 Å². The van der Waals surface area contributed by atoms with Gasteiger partial charge in [-0.3, -0.25) is 0 Å². The van der Waals surface area contributed by atoms with Crippen LogP contribution in [-0.4, -0.2) is 37.9 Å². The van der Waals surface area contributed by atoms with Gasteiger partial charge in [0.1, 0.15) is 10.3 Å². The number of carbonyl (C=O) groups excluding carboxylic acids is 1. The first-order valence-electron chi connectivity index (χ1n) is 8.98. The van der Waals surface area contributed by atoms with Crippen LogP contribution in [0.1, 0.15) is 23.6 Å². The SMILES string of the molecule is COC(C)c1c(NC(=O)Nc2cnc(-n3cccn3)c(Cl)c2)cnc2sc(C)nc12. The highest BCUT2D eigenvalue weighted by atomic mass is 35.5. The summed E-state index contributed by atoms with van der Waals surface area (Å²) in [5.41, 5.74) is 2.45. The van der Waals surface area contributed by atoms with Crippen LogP contribution in [0.25, 0.3) is 16.2 Å². The Morgan fingerprint density at radius 1 is 1.30 bits per heavy atom. The maximum absolute atomic E-state index is 12.6. The Kier molecular flexibility index (Phi) is 5.62. The molecule has 4 rings (SSSR count). The van der Waals surface area contributed by atoms with Crippen molar-refractivity contribution in [1.29, 1.82) is 0 Å². The van der Waals surface area contributed by atoms with Crippen molar-refractivity contribution in [3.8, 4) is 5.82 Å². The molecule has 1 unspecified atom stereocenters. The number of hydrogen-bond donors (Lipinski definition) is 2. The number of pyridine rings is 2. The van der Waals surface area contributed by atoms with Crippen LogP contribution < -0.4 is 10.6 Å². The third kappa shape index (κ3) is 3.97. The fourth-order valence-corrected chi connectivity index (χ4v) is 4.00. The highest BCUT2D eigenvalue weighted by Gasteiger charge is 2.20. The van der Waals surface area contributed by atoms with Crippen molar-refractivity contribution in [3.63, 3.8) is 0 Å². The molecule has 0 saturated heterocycles. The number of urea groups is 1. The fraction of sp³-hybridized carbons (Fsp3) is 0.211. The van der Waals surface area contributed by atoms with E-state index in [1.165, 1.54) is 17.5 Å². The average molecular weight is 444 g/mol. The van der Waals surface area contributed by atoms with Gasteiger partial charge in [0, 0.05) is 25.1 Å². The van der Waals surface area contributed by atoms with E-state index in [1.54, 1.807) is 42.5 Å². The molecular formula is C19H18ClN7O2S. The Morgan fingerprint density at radius 3 is 2.83 bits per heavy atom. The third-order valence-electron chi connectivity index (χ3n) is 4.38. The summed E-state index contributed by atoms with van der Waals surface area (Å²) >= 11 is 7.78. The molecule has 0 fully saturated rings. The van der Waals surface area contributed by atoms with Gasteiger partial charge in [-0.1, -0.05) is 22.9 Å². The number of hydrogen-bond acceptors (Lipinski definition) is 7. The largest absolute Gasteiger partial charge is 0.377 e. The molecule has 0 aliphatic carbocycles. The predicted octanol–water partition coefficient (Wildman–Crippen LogP) is 4.59. The zero-order chi connectivity index (χ0) is 21.3. The van der Waals surface area contributed by atoms with Crippen molar-refractivity contribution in [2.75, 3.05) is 17.7 Å². The van der Waals surface area contributed by atoms with Gasteiger partial charge in [-0.2, -0.15) is 5.10 Å². The number of halogens is 1. The molecule has 0 saturated carbocycles. The first kappa shape index (κ1) is 20.2. The van der Waals surface area contributed by atoms with Crippen LogP contribution in [0.4, 0.5) is 16.2 Å². The van der Waals surface area contributed by atoms with Gasteiger partial charge in [0.2, 0.25) is 0 Å². The summed E-state index contributed by atoms with van der Waals surface area (Å²) in [5, 5.41) is 10.9. The van der Waals surface area contributed by atoms with Crippen LogP contribution in [-0.2, 0) is 4.74 Å². The molecule has 0 spiro atoms. The molecule has 4 heterocycles. The summed E-state index contributed by atoms with van der Waals surface area (Å²) in [7, 11) is 1.61. The summed E-state index contributed by atoms with van der Waals surface area (Å²) in [5.74, 6) is 0.470. The second-order valence-electron chi connectivity index (χ2n) is 6.41. The summed E-state index contributed by atoms with van der Waals surface area (Å²) in [4.78, 5) is 26.6. The van der Waals surface area contributed by atoms with E-state index in [-0.39, 0.29) is 6.10 Å². The second kappa shape index (κ2) is 8.34. The number of aryl methyl sites for hydroxylation is 1. The molecule has 0 radical (unpaired) electrons. The lowest BCUT2D eigenvalue weighted by molar-refractivity contribution is 0.121. The quantitative estimate of drug-likeness (QED) is 0.467. The number of aromatic nitrogens is 5. The molecule has 0 bridgehead atoms.